The van der Waals surface area contributed by atoms with Crippen LogP contribution < -0.4 is 10.1 Å². The van der Waals surface area contributed by atoms with Crippen molar-refractivity contribution >= 4 is 33.3 Å². The van der Waals surface area contributed by atoms with E-state index in [0.29, 0.717) is 16.7 Å². The average molecular weight is 356 g/mol. The third-order valence-electron chi connectivity index (χ3n) is 2.33. The molecule has 3 nitrogen and oxygen atoms in total. The second-order valence-corrected chi connectivity index (χ2v) is 6.74. The minimum atomic E-state index is -0.0565. The summed E-state index contributed by atoms with van der Waals surface area (Å²) in [6.45, 7) is 6.23. The fourth-order valence-electron chi connectivity index (χ4n) is 1.59. The van der Waals surface area contributed by atoms with E-state index in [1.54, 1.807) is 12.1 Å². The molecule has 0 radical (unpaired) electrons. The molecule has 0 atom stereocenters. The molecule has 106 valence electrons. The van der Waals surface area contributed by atoms with Crippen molar-refractivity contribution in [2.24, 2.45) is 0 Å². The van der Waals surface area contributed by atoms with Gasteiger partial charge in [0.1, 0.15) is 11.6 Å². The summed E-state index contributed by atoms with van der Waals surface area (Å²) in [6.07, 6.45) is 0. The number of nitrogens with one attached hydrogen (secondary N) is 1. The number of ether oxygens (including phenoxy) is 1. The highest BCUT2D eigenvalue weighted by Crippen LogP contribution is 2.31. The molecule has 1 aromatic heterocycles. The number of hydrogen-bond donors (Lipinski definition) is 1. The number of aromatic nitrogens is 1. The van der Waals surface area contributed by atoms with Crippen LogP contribution in [0.4, 0.5) is 5.82 Å². The molecular formula is C15H16BrClN2O. The van der Waals surface area contributed by atoms with Gasteiger partial charge in [0.15, 0.2) is 0 Å². The molecule has 0 aliphatic rings. The molecule has 1 aromatic carbocycles. The standard InChI is InChI=1S/C15H16BrClN2O/c1-15(2,3)19-13-5-4-6-14(18-13)20-12-9-10(16)7-8-11(12)17/h4-9H,1-3H3,(H,18,19). The molecule has 0 bridgehead atoms. The molecule has 1 heterocycles. The molecule has 0 spiro atoms. The monoisotopic (exact) mass is 354 g/mol. The molecular weight excluding hydrogens is 340 g/mol. The van der Waals surface area contributed by atoms with E-state index in [-0.39, 0.29) is 5.54 Å². The zero-order valence-electron chi connectivity index (χ0n) is 11.6. The summed E-state index contributed by atoms with van der Waals surface area (Å²) in [5.41, 5.74) is -0.0565. The second kappa shape index (κ2) is 6.02. The molecule has 1 N–H and O–H groups in total. The highest BCUT2D eigenvalue weighted by molar-refractivity contribution is 9.10. The van der Waals surface area contributed by atoms with Gasteiger partial charge in [0.05, 0.1) is 5.02 Å². The zero-order valence-corrected chi connectivity index (χ0v) is 13.9. The maximum Gasteiger partial charge on any atom is 0.221 e. The van der Waals surface area contributed by atoms with Crippen LogP contribution in [0, 0.1) is 0 Å². The smallest absolute Gasteiger partial charge is 0.221 e. The topological polar surface area (TPSA) is 34.1 Å². The first-order valence-corrected chi connectivity index (χ1v) is 7.39. The number of anilines is 1. The van der Waals surface area contributed by atoms with Gasteiger partial charge in [-0.2, -0.15) is 4.98 Å². The summed E-state index contributed by atoms with van der Waals surface area (Å²) in [5, 5.41) is 3.85. The van der Waals surface area contributed by atoms with Gasteiger partial charge in [-0.05, 0) is 45.0 Å². The number of hydrogen-bond acceptors (Lipinski definition) is 3. The van der Waals surface area contributed by atoms with Crippen LogP contribution in [0.2, 0.25) is 5.02 Å². The van der Waals surface area contributed by atoms with Crippen molar-refractivity contribution in [2.45, 2.75) is 26.3 Å². The predicted molar refractivity (Wildman–Crippen MR) is 86.8 cm³/mol. The summed E-state index contributed by atoms with van der Waals surface area (Å²) >= 11 is 9.50. The van der Waals surface area contributed by atoms with Crippen molar-refractivity contribution in [2.75, 3.05) is 5.32 Å². The lowest BCUT2D eigenvalue weighted by atomic mass is 10.1. The Kier molecular flexibility index (Phi) is 4.55. The highest BCUT2D eigenvalue weighted by atomic mass is 79.9. The Morgan fingerprint density at radius 3 is 2.65 bits per heavy atom. The van der Waals surface area contributed by atoms with E-state index in [9.17, 15) is 0 Å². The van der Waals surface area contributed by atoms with Crippen molar-refractivity contribution in [3.05, 3.63) is 45.9 Å². The predicted octanol–water partition coefficient (Wildman–Crippen LogP) is 5.50. The van der Waals surface area contributed by atoms with Gasteiger partial charge in [-0.15, -0.1) is 0 Å². The number of rotatable bonds is 3. The van der Waals surface area contributed by atoms with Crippen LogP contribution in [-0.2, 0) is 0 Å². The van der Waals surface area contributed by atoms with Crippen LogP contribution >= 0.6 is 27.5 Å². The number of benzene rings is 1. The molecule has 0 unspecified atom stereocenters. The Bertz CT molecular complexity index is 611. The van der Waals surface area contributed by atoms with E-state index in [2.05, 4.69) is 47.0 Å². The van der Waals surface area contributed by atoms with Crippen LogP contribution in [0.3, 0.4) is 0 Å². The van der Waals surface area contributed by atoms with Crippen LogP contribution in [0.15, 0.2) is 40.9 Å². The summed E-state index contributed by atoms with van der Waals surface area (Å²) in [5.74, 6) is 1.84. The number of halogens is 2. The lowest BCUT2D eigenvalue weighted by Crippen LogP contribution is -2.26. The quantitative estimate of drug-likeness (QED) is 0.789. The van der Waals surface area contributed by atoms with Gasteiger partial charge in [0, 0.05) is 16.1 Å². The van der Waals surface area contributed by atoms with Crippen molar-refractivity contribution in [1.82, 2.24) is 4.98 Å². The van der Waals surface area contributed by atoms with Crippen LogP contribution in [0.25, 0.3) is 0 Å². The molecule has 0 aliphatic heterocycles. The van der Waals surface area contributed by atoms with Gasteiger partial charge in [-0.3, -0.25) is 0 Å². The van der Waals surface area contributed by atoms with Crippen molar-refractivity contribution < 1.29 is 4.74 Å². The molecule has 0 amide bonds. The highest BCUT2D eigenvalue weighted by Gasteiger charge is 2.11. The summed E-state index contributed by atoms with van der Waals surface area (Å²) in [6, 6.07) is 11.0. The first kappa shape index (κ1) is 15.1. The van der Waals surface area contributed by atoms with Gasteiger partial charge >= 0.3 is 0 Å². The number of nitrogens with zero attached hydrogens (tertiary/aromatic N) is 1. The van der Waals surface area contributed by atoms with Gasteiger partial charge < -0.3 is 10.1 Å². The van der Waals surface area contributed by atoms with Crippen LogP contribution in [0.5, 0.6) is 11.6 Å². The Labute approximate surface area is 132 Å². The minimum Gasteiger partial charge on any atom is -0.437 e. The van der Waals surface area contributed by atoms with E-state index >= 15 is 0 Å². The lowest BCUT2D eigenvalue weighted by molar-refractivity contribution is 0.463. The third kappa shape index (κ3) is 4.39. The lowest BCUT2D eigenvalue weighted by Gasteiger charge is -2.21. The van der Waals surface area contributed by atoms with E-state index in [1.165, 1.54) is 0 Å². The van der Waals surface area contributed by atoms with E-state index in [1.807, 2.05) is 24.3 Å². The maximum atomic E-state index is 6.10. The first-order chi connectivity index (χ1) is 9.33. The third-order valence-corrected chi connectivity index (χ3v) is 3.14. The molecule has 2 rings (SSSR count). The van der Waals surface area contributed by atoms with Gasteiger partial charge in [-0.1, -0.05) is 33.6 Å². The fraction of sp³-hybridized carbons (Fsp3) is 0.267. The van der Waals surface area contributed by atoms with Crippen molar-refractivity contribution in [1.29, 1.82) is 0 Å². The maximum absolute atomic E-state index is 6.10. The summed E-state index contributed by atoms with van der Waals surface area (Å²) in [7, 11) is 0. The van der Waals surface area contributed by atoms with E-state index in [0.717, 1.165) is 10.3 Å². The van der Waals surface area contributed by atoms with Gasteiger partial charge in [0.2, 0.25) is 5.88 Å². The summed E-state index contributed by atoms with van der Waals surface area (Å²) < 4.78 is 6.64. The van der Waals surface area contributed by atoms with E-state index in [4.69, 9.17) is 16.3 Å². The first-order valence-electron chi connectivity index (χ1n) is 6.22. The Morgan fingerprint density at radius 1 is 1.20 bits per heavy atom. The van der Waals surface area contributed by atoms with Gasteiger partial charge in [-0.25, -0.2) is 0 Å². The molecule has 0 saturated carbocycles. The largest absolute Gasteiger partial charge is 0.437 e. The normalized spacial score (nSPS) is 11.2. The minimum absolute atomic E-state index is 0.0565. The number of pyridine rings is 1. The van der Waals surface area contributed by atoms with Crippen LogP contribution in [0.1, 0.15) is 20.8 Å². The van der Waals surface area contributed by atoms with Crippen molar-refractivity contribution in [3.63, 3.8) is 0 Å². The van der Waals surface area contributed by atoms with Crippen molar-refractivity contribution in [3.8, 4) is 11.6 Å². The fourth-order valence-corrected chi connectivity index (χ4v) is 2.09. The van der Waals surface area contributed by atoms with E-state index < -0.39 is 0 Å². The summed E-state index contributed by atoms with van der Waals surface area (Å²) in [4.78, 5) is 4.42. The zero-order chi connectivity index (χ0) is 14.8. The molecule has 2 aromatic rings. The Balaban J connectivity index is 2.21. The molecule has 0 saturated heterocycles. The van der Waals surface area contributed by atoms with Crippen LogP contribution in [-0.4, -0.2) is 10.5 Å². The molecule has 0 aliphatic carbocycles. The molecule has 0 fully saturated rings. The van der Waals surface area contributed by atoms with Gasteiger partial charge in [0.25, 0.3) is 0 Å². The average Bonchev–Trinajstić information content (AvgIpc) is 2.32. The molecule has 5 heteroatoms. The second-order valence-electron chi connectivity index (χ2n) is 5.41. The Hall–Kier alpha value is -1.26. The Morgan fingerprint density at radius 2 is 1.95 bits per heavy atom. The molecule has 20 heavy (non-hydrogen) atoms. The SMILES string of the molecule is CC(C)(C)Nc1cccc(Oc2cc(Br)ccc2Cl)n1.